The van der Waals surface area contributed by atoms with Crippen molar-refractivity contribution in [3.05, 3.63) is 0 Å². The van der Waals surface area contributed by atoms with E-state index in [-0.39, 0.29) is 18.9 Å². The molecule has 12 N–H and O–H groups in total. The smallest absolute Gasteiger partial charge is 0.220 e. The van der Waals surface area contributed by atoms with Gasteiger partial charge in [0.1, 0.15) is 73.2 Å². The van der Waals surface area contributed by atoms with Gasteiger partial charge in [-0.2, -0.15) is 0 Å². The van der Waals surface area contributed by atoms with Gasteiger partial charge in [-0.3, -0.25) is 4.79 Å². The summed E-state index contributed by atoms with van der Waals surface area (Å²) in [6, 6.07) is -0.873. The van der Waals surface area contributed by atoms with Crippen molar-refractivity contribution in [1.29, 1.82) is 0 Å². The van der Waals surface area contributed by atoms with E-state index in [2.05, 4.69) is 12.2 Å². The number of hydrogen-bond donors (Lipinski definition) is 12. The lowest BCUT2D eigenvalue weighted by Crippen LogP contribution is -2.66. The third-order valence-corrected chi connectivity index (χ3v) is 11.9. The zero-order valence-electron chi connectivity index (χ0n) is 36.1. The molecule has 0 bridgehead atoms. The van der Waals surface area contributed by atoms with Crippen molar-refractivity contribution >= 4 is 5.91 Å². The summed E-state index contributed by atoms with van der Waals surface area (Å²) in [7, 11) is 0. The van der Waals surface area contributed by atoms with Crippen LogP contribution in [-0.2, 0) is 33.2 Å². The van der Waals surface area contributed by atoms with Crippen molar-refractivity contribution in [3.8, 4) is 0 Å². The first-order chi connectivity index (χ1) is 29.3. The van der Waals surface area contributed by atoms with Gasteiger partial charge < -0.3 is 89.9 Å². The zero-order chi connectivity index (χ0) is 44.9. The molecule has 0 radical (unpaired) electrons. The third-order valence-electron chi connectivity index (χ3n) is 11.9. The molecule has 360 valence electrons. The van der Waals surface area contributed by atoms with Crippen LogP contribution in [0.2, 0.25) is 0 Å². The largest absolute Gasteiger partial charge is 0.394 e. The normalized spacial score (nSPS) is 35.5. The van der Waals surface area contributed by atoms with Crippen molar-refractivity contribution in [3.63, 3.8) is 0 Å². The minimum atomic E-state index is -1.96. The summed E-state index contributed by atoms with van der Waals surface area (Å²) in [5, 5.41) is 119. The lowest BCUT2D eigenvalue weighted by atomic mass is 9.96. The minimum Gasteiger partial charge on any atom is -0.394 e. The van der Waals surface area contributed by atoms with Gasteiger partial charge in [-0.25, -0.2) is 0 Å². The Bertz CT molecular complexity index is 1160. The van der Waals surface area contributed by atoms with E-state index in [1.54, 1.807) is 0 Å². The number of rotatable bonds is 30. The predicted octanol–water partition coefficient (Wildman–Crippen LogP) is -0.641. The van der Waals surface area contributed by atoms with Crippen LogP contribution in [0.3, 0.4) is 0 Å². The Morgan fingerprint density at radius 2 is 0.934 bits per heavy atom. The molecule has 3 saturated heterocycles. The first kappa shape index (κ1) is 54.1. The van der Waals surface area contributed by atoms with Crippen LogP contribution in [0, 0.1) is 0 Å². The van der Waals surface area contributed by atoms with Gasteiger partial charge >= 0.3 is 0 Å². The number of aliphatic hydroxyl groups is 11. The molecule has 19 nitrogen and oxygen atoms in total. The third kappa shape index (κ3) is 16.9. The number of amides is 1. The molecule has 0 aliphatic carbocycles. The average Bonchev–Trinajstić information content (AvgIpc) is 3.25. The molecule has 17 unspecified atom stereocenters. The van der Waals surface area contributed by atoms with Crippen LogP contribution in [0.1, 0.15) is 129 Å². The van der Waals surface area contributed by atoms with E-state index in [1.807, 2.05) is 6.92 Å². The molecule has 3 heterocycles. The van der Waals surface area contributed by atoms with Gasteiger partial charge in [0.15, 0.2) is 18.9 Å². The number of ether oxygens (including phenoxy) is 6. The molecule has 17 atom stereocenters. The molecule has 1 amide bonds. The van der Waals surface area contributed by atoms with Gasteiger partial charge in [0.05, 0.1) is 38.6 Å². The Morgan fingerprint density at radius 3 is 1.43 bits per heavy atom. The second kappa shape index (κ2) is 29.4. The minimum absolute atomic E-state index is 0.256. The monoisotopic (exact) mass is 886 g/mol. The highest BCUT2D eigenvalue weighted by atomic mass is 16.8. The van der Waals surface area contributed by atoms with Gasteiger partial charge in [-0.15, -0.1) is 0 Å². The highest BCUT2D eigenvalue weighted by Crippen LogP contribution is 2.33. The maximum Gasteiger partial charge on any atom is 0.220 e. The van der Waals surface area contributed by atoms with Crippen molar-refractivity contribution in [2.75, 3.05) is 26.4 Å². The summed E-state index contributed by atoms with van der Waals surface area (Å²) >= 11 is 0. The summed E-state index contributed by atoms with van der Waals surface area (Å²) in [6.07, 6.45) is -7.98. The van der Waals surface area contributed by atoms with Crippen LogP contribution in [0.15, 0.2) is 0 Å². The maximum atomic E-state index is 13.0. The van der Waals surface area contributed by atoms with Crippen molar-refractivity contribution in [2.45, 2.75) is 234 Å². The van der Waals surface area contributed by atoms with Crippen LogP contribution in [-0.4, -0.2) is 193 Å². The van der Waals surface area contributed by atoms with E-state index in [4.69, 9.17) is 28.4 Å². The molecule has 0 aromatic carbocycles. The van der Waals surface area contributed by atoms with Crippen molar-refractivity contribution in [2.24, 2.45) is 0 Å². The topological polar surface area (TPSA) is 307 Å². The Hall–Kier alpha value is -1.21. The molecular formula is C42H79NO18. The van der Waals surface area contributed by atoms with E-state index in [0.29, 0.717) is 19.3 Å². The molecular weight excluding hydrogens is 806 g/mol. The molecule has 3 fully saturated rings. The van der Waals surface area contributed by atoms with E-state index >= 15 is 0 Å². The Labute approximate surface area is 360 Å². The summed E-state index contributed by atoms with van der Waals surface area (Å²) in [6.45, 7) is 1.55. The molecule has 0 spiro atoms. The number of aliphatic hydroxyl groups excluding tert-OH is 11. The van der Waals surface area contributed by atoms with E-state index < -0.39 is 124 Å². The molecule has 3 aliphatic heterocycles. The summed E-state index contributed by atoms with van der Waals surface area (Å²) in [5.41, 5.74) is 0. The molecule has 0 aromatic heterocycles. The Balaban J connectivity index is 1.52. The quantitative estimate of drug-likeness (QED) is 0.0399. The number of unbranched alkanes of at least 4 members (excludes halogenated alkanes) is 14. The lowest BCUT2D eigenvalue weighted by molar-refractivity contribution is -0.379. The fourth-order valence-corrected chi connectivity index (χ4v) is 8.02. The van der Waals surface area contributed by atoms with Gasteiger partial charge in [0.25, 0.3) is 0 Å². The predicted molar refractivity (Wildman–Crippen MR) is 217 cm³/mol. The van der Waals surface area contributed by atoms with E-state index in [0.717, 1.165) is 32.1 Å². The lowest BCUT2D eigenvalue weighted by Gasteiger charge is -2.48. The maximum absolute atomic E-state index is 13.0. The molecule has 3 aliphatic rings. The standard InChI is InChI=1S/C42H79NO18/c1-3-5-7-8-9-10-11-12-13-14-15-16-18-20-30(48)43-25(26(47)19-17-6-4-2)24-56-40-36(54)33(51)38(28(22-45)58-40)61-42-37(55)34(52)39(29(23-46)59-42)60-41-35(53)32(50)31(49)27(21-44)57-41/h25-29,31-42,44-47,49-55H,3-24H2,1-2H3,(H,43,48). The number of carbonyl (C=O) groups excluding carboxylic acids is 1. The Morgan fingerprint density at radius 1 is 0.525 bits per heavy atom. The van der Waals surface area contributed by atoms with Gasteiger partial charge in [-0.05, 0) is 12.8 Å². The van der Waals surface area contributed by atoms with Crippen LogP contribution < -0.4 is 5.32 Å². The van der Waals surface area contributed by atoms with Crippen molar-refractivity contribution in [1.82, 2.24) is 5.32 Å². The SMILES string of the molecule is CCCCCCCCCCCCCCCC(=O)NC(COC1OC(CO)C(OC2OC(CO)C(OC3OC(CO)C(O)C(O)C3O)C(O)C2O)C(O)C1O)C(O)CCCCC. The van der Waals surface area contributed by atoms with E-state index in [9.17, 15) is 61.0 Å². The molecule has 0 aromatic rings. The number of carbonyl (C=O) groups is 1. The summed E-state index contributed by atoms with van der Waals surface area (Å²) < 4.78 is 33.8. The second-order valence-corrected chi connectivity index (χ2v) is 16.9. The van der Waals surface area contributed by atoms with Gasteiger partial charge in [0.2, 0.25) is 5.91 Å². The zero-order valence-corrected chi connectivity index (χ0v) is 36.1. The van der Waals surface area contributed by atoms with Crippen LogP contribution in [0.25, 0.3) is 0 Å². The van der Waals surface area contributed by atoms with Gasteiger partial charge in [0, 0.05) is 6.42 Å². The fourth-order valence-electron chi connectivity index (χ4n) is 8.02. The average molecular weight is 886 g/mol. The molecule has 61 heavy (non-hydrogen) atoms. The summed E-state index contributed by atoms with van der Waals surface area (Å²) in [5.74, 6) is -0.256. The number of nitrogens with one attached hydrogen (secondary N) is 1. The number of hydrogen-bond acceptors (Lipinski definition) is 18. The first-order valence-electron chi connectivity index (χ1n) is 22.8. The molecule has 3 rings (SSSR count). The fraction of sp³-hybridized carbons (Fsp3) is 0.976. The highest BCUT2D eigenvalue weighted by molar-refractivity contribution is 5.76. The van der Waals surface area contributed by atoms with Crippen LogP contribution in [0.5, 0.6) is 0 Å². The molecule has 19 heteroatoms. The summed E-state index contributed by atoms with van der Waals surface area (Å²) in [4.78, 5) is 13.0. The van der Waals surface area contributed by atoms with Crippen molar-refractivity contribution < 1.29 is 89.4 Å². The first-order valence-corrected chi connectivity index (χ1v) is 22.8. The second-order valence-electron chi connectivity index (χ2n) is 16.9. The Kier molecular flexibility index (Phi) is 26.0. The highest BCUT2D eigenvalue weighted by Gasteiger charge is 2.53. The van der Waals surface area contributed by atoms with Gasteiger partial charge in [-0.1, -0.05) is 110 Å². The van der Waals surface area contributed by atoms with E-state index in [1.165, 1.54) is 57.8 Å². The molecule has 0 saturated carbocycles. The van der Waals surface area contributed by atoms with Crippen LogP contribution in [0.4, 0.5) is 0 Å². The van der Waals surface area contributed by atoms with Crippen LogP contribution >= 0.6 is 0 Å².